The van der Waals surface area contributed by atoms with Gasteiger partial charge in [-0.1, -0.05) is 12.6 Å². The summed E-state index contributed by atoms with van der Waals surface area (Å²) in [6.07, 6.45) is 5.39. The number of carbonyl (C=O) groups is 1. The Morgan fingerprint density at radius 1 is 1.12 bits per heavy atom. The van der Waals surface area contributed by atoms with E-state index in [1.807, 2.05) is 43.3 Å². The maximum absolute atomic E-state index is 11.8. The van der Waals surface area contributed by atoms with Crippen LogP contribution in [-0.4, -0.2) is 30.0 Å². The molecule has 0 fully saturated rings. The van der Waals surface area contributed by atoms with Crippen molar-refractivity contribution in [3.8, 4) is 22.6 Å². The number of anilines is 2. The first-order chi connectivity index (χ1) is 16.0. The van der Waals surface area contributed by atoms with Crippen molar-refractivity contribution in [3.05, 3.63) is 73.0 Å². The molecular formula is C26H25N3O4. The van der Waals surface area contributed by atoms with E-state index in [2.05, 4.69) is 21.9 Å². The summed E-state index contributed by atoms with van der Waals surface area (Å²) in [6, 6.07) is 11.6. The smallest absolute Gasteiger partial charge is 0.155 e. The lowest BCUT2D eigenvalue weighted by Gasteiger charge is -2.15. The molecular weight excluding hydrogens is 418 g/mol. The molecule has 0 aliphatic rings. The SMILES string of the molecule is C=CC(=O)CCc1cc2c(Nc3cc(-c4ccoc4C)ccc3OC)ncnc2cc1OC. The lowest BCUT2D eigenvalue weighted by molar-refractivity contribution is -0.114. The standard InChI is InChI=1S/C26H25N3O4/c1-5-19(30)8-6-18-12-21-22(14-25(18)32-4)27-15-28-26(21)29-23-13-17(7-9-24(23)31-3)20-10-11-33-16(20)2/h5,7,9-15H,1,6,8H2,2-4H3,(H,27,28,29). The summed E-state index contributed by atoms with van der Waals surface area (Å²) >= 11 is 0. The molecule has 0 aliphatic carbocycles. The van der Waals surface area contributed by atoms with Crippen LogP contribution in [0.15, 0.2) is 66.1 Å². The van der Waals surface area contributed by atoms with E-state index in [1.165, 1.54) is 12.4 Å². The van der Waals surface area contributed by atoms with Gasteiger partial charge in [0.15, 0.2) is 5.78 Å². The Morgan fingerprint density at radius 2 is 1.94 bits per heavy atom. The number of furan rings is 1. The molecule has 4 rings (SSSR count). The first-order valence-corrected chi connectivity index (χ1v) is 10.5. The number of hydrogen-bond donors (Lipinski definition) is 1. The van der Waals surface area contributed by atoms with Crippen LogP contribution in [0.2, 0.25) is 0 Å². The van der Waals surface area contributed by atoms with Crippen LogP contribution in [-0.2, 0) is 11.2 Å². The average Bonchev–Trinajstić information content (AvgIpc) is 3.27. The molecule has 7 nitrogen and oxygen atoms in total. The average molecular weight is 444 g/mol. The third-order valence-corrected chi connectivity index (χ3v) is 5.53. The molecule has 0 radical (unpaired) electrons. The van der Waals surface area contributed by atoms with Gasteiger partial charge in [-0.2, -0.15) is 0 Å². The largest absolute Gasteiger partial charge is 0.496 e. The lowest BCUT2D eigenvalue weighted by atomic mass is 10.0. The summed E-state index contributed by atoms with van der Waals surface area (Å²) in [5, 5.41) is 4.21. The predicted molar refractivity (Wildman–Crippen MR) is 128 cm³/mol. The number of ether oxygens (including phenoxy) is 2. The van der Waals surface area contributed by atoms with E-state index in [9.17, 15) is 4.79 Å². The van der Waals surface area contributed by atoms with Gasteiger partial charge in [-0.25, -0.2) is 9.97 Å². The van der Waals surface area contributed by atoms with Crippen molar-refractivity contribution in [2.45, 2.75) is 19.8 Å². The highest BCUT2D eigenvalue weighted by molar-refractivity contribution is 5.93. The van der Waals surface area contributed by atoms with Crippen molar-refractivity contribution >= 4 is 28.2 Å². The maximum Gasteiger partial charge on any atom is 0.155 e. The van der Waals surface area contributed by atoms with E-state index in [4.69, 9.17) is 13.9 Å². The van der Waals surface area contributed by atoms with E-state index in [1.54, 1.807) is 20.5 Å². The number of aryl methyl sites for hydroxylation is 2. The van der Waals surface area contributed by atoms with Crippen molar-refractivity contribution < 1.29 is 18.7 Å². The number of aromatic nitrogens is 2. The second kappa shape index (κ2) is 9.56. The number of allylic oxidation sites excluding steroid dienone is 1. The second-order valence-corrected chi connectivity index (χ2v) is 7.50. The number of rotatable bonds is 9. The Morgan fingerprint density at radius 3 is 2.64 bits per heavy atom. The normalized spacial score (nSPS) is 10.8. The fourth-order valence-electron chi connectivity index (χ4n) is 3.76. The molecule has 2 heterocycles. The number of hydrogen-bond acceptors (Lipinski definition) is 7. The van der Waals surface area contributed by atoms with Crippen molar-refractivity contribution in [3.63, 3.8) is 0 Å². The van der Waals surface area contributed by atoms with Crippen LogP contribution in [0.5, 0.6) is 11.5 Å². The molecule has 2 aromatic carbocycles. The van der Waals surface area contributed by atoms with Gasteiger partial charge in [-0.15, -0.1) is 0 Å². The number of benzene rings is 2. The number of carbonyl (C=O) groups excluding carboxylic acids is 1. The number of nitrogens with zero attached hydrogens (tertiary/aromatic N) is 2. The van der Waals surface area contributed by atoms with E-state index >= 15 is 0 Å². The molecule has 1 N–H and O–H groups in total. The second-order valence-electron chi connectivity index (χ2n) is 7.50. The number of nitrogens with one attached hydrogen (secondary N) is 1. The fourth-order valence-corrected chi connectivity index (χ4v) is 3.76. The molecule has 0 amide bonds. The number of fused-ring (bicyclic) bond motifs is 1. The van der Waals surface area contributed by atoms with Gasteiger partial charge in [0.25, 0.3) is 0 Å². The topological polar surface area (TPSA) is 86.5 Å². The summed E-state index contributed by atoms with van der Waals surface area (Å²) < 4.78 is 16.6. The van der Waals surface area contributed by atoms with Gasteiger partial charge in [0.1, 0.15) is 29.4 Å². The summed E-state index contributed by atoms with van der Waals surface area (Å²) in [6.45, 7) is 5.47. The minimum absolute atomic E-state index is 0.0177. The van der Waals surface area contributed by atoms with Gasteiger partial charge in [-0.05, 0) is 54.8 Å². The molecule has 33 heavy (non-hydrogen) atoms. The molecule has 168 valence electrons. The van der Waals surface area contributed by atoms with Crippen molar-refractivity contribution in [1.82, 2.24) is 9.97 Å². The van der Waals surface area contributed by atoms with Gasteiger partial charge in [0.05, 0.1) is 31.7 Å². The highest BCUT2D eigenvalue weighted by Crippen LogP contribution is 2.36. The van der Waals surface area contributed by atoms with Crippen molar-refractivity contribution in [1.29, 1.82) is 0 Å². The molecule has 0 saturated heterocycles. The first kappa shape index (κ1) is 22.1. The molecule has 2 aromatic heterocycles. The van der Waals surface area contributed by atoms with Gasteiger partial charge >= 0.3 is 0 Å². The molecule has 0 saturated carbocycles. The van der Waals surface area contributed by atoms with Crippen molar-refractivity contribution in [2.24, 2.45) is 0 Å². The number of methoxy groups -OCH3 is 2. The van der Waals surface area contributed by atoms with Crippen LogP contribution >= 0.6 is 0 Å². The quantitative estimate of drug-likeness (QED) is 0.335. The van der Waals surface area contributed by atoms with E-state index < -0.39 is 0 Å². The Bertz CT molecular complexity index is 1330. The molecule has 0 unspecified atom stereocenters. The Balaban J connectivity index is 1.76. The highest BCUT2D eigenvalue weighted by Gasteiger charge is 2.14. The monoisotopic (exact) mass is 443 g/mol. The minimum atomic E-state index is -0.0177. The van der Waals surface area contributed by atoms with E-state index in [0.717, 1.165) is 39.0 Å². The zero-order valence-corrected chi connectivity index (χ0v) is 18.8. The van der Waals surface area contributed by atoms with Gasteiger partial charge in [0.2, 0.25) is 0 Å². The predicted octanol–water partition coefficient (Wildman–Crippen LogP) is 5.65. The van der Waals surface area contributed by atoms with Gasteiger partial charge in [0, 0.05) is 23.4 Å². The lowest BCUT2D eigenvalue weighted by Crippen LogP contribution is -2.02. The molecule has 4 aromatic rings. The third kappa shape index (κ3) is 4.57. The van der Waals surface area contributed by atoms with Crippen LogP contribution in [0.3, 0.4) is 0 Å². The summed E-state index contributed by atoms with van der Waals surface area (Å²) in [5.41, 5.74) is 4.38. The van der Waals surface area contributed by atoms with E-state index in [0.29, 0.717) is 30.2 Å². The van der Waals surface area contributed by atoms with Gasteiger partial charge in [-0.3, -0.25) is 4.79 Å². The summed E-state index contributed by atoms with van der Waals surface area (Å²) in [7, 11) is 3.23. The Hall–Kier alpha value is -4.13. The van der Waals surface area contributed by atoms with Crippen LogP contribution < -0.4 is 14.8 Å². The zero-order chi connectivity index (χ0) is 23.4. The van der Waals surface area contributed by atoms with Crippen LogP contribution in [0.25, 0.3) is 22.0 Å². The first-order valence-electron chi connectivity index (χ1n) is 10.5. The molecule has 0 bridgehead atoms. The fraction of sp³-hybridized carbons (Fsp3) is 0.192. The van der Waals surface area contributed by atoms with Crippen molar-refractivity contribution in [2.75, 3.05) is 19.5 Å². The Kier molecular flexibility index (Phi) is 6.40. The molecule has 0 spiro atoms. The van der Waals surface area contributed by atoms with Crippen LogP contribution in [0, 0.1) is 6.92 Å². The molecule has 7 heteroatoms. The third-order valence-electron chi connectivity index (χ3n) is 5.53. The van der Waals surface area contributed by atoms with E-state index in [-0.39, 0.29) is 5.78 Å². The minimum Gasteiger partial charge on any atom is -0.496 e. The van der Waals surface area contributed by atoms with Gasteiger partial charge < -0.3 is 19.2 Å². The van der Waals surface area contributed by atoms with Crippen LogP contribution in [0.1, 0.15) is 17.7 Å². The maximum atomic E-state index is 11.8. The molecule has 0 atom stereocenters. The Labute approximate surface area is 192 Å². The van der Waals surface area contributed by atoms with Crippen LogP contribution in [0.4, 0.5) is 11.5 Å². The zero-order valence-electron chi connectivity index (χ0n) is 18.8. The summed E-state index contributed by atoms with van der Waals surface area (Å²) in [4.78, 5) is 20.6. The highest BCUT2D eigenvalue weighted by atomic mass is 16.5. The number of ketones is 1. The molecule has 0 aliphatic heterocycles. The summed E-state index contributed by atoms with van der Waals surface area (Å²) in [5.74, 6) is 2.80.